The van der Waals surface area contributed by atoms with Crippen molar-refractivity contribution in [2.75, 3.05) is 19.3 Å². The van der Waals surface area contributed by atoms with Crippen LogP contribution in [0.2, 0.25) is 0 Å². The molecule has 0 spiro atoms. The number of hydrogen-bond donors (Lipinski definition) is 1. The first-order valence-corrected chi connectivity index (χ1v) is 10.8. The van der Waals surface area contributed by atoms with Crippen LogP contribution in [-0.4, -0.2) is 58.6 Å². The minimum Gasteiger partial charge on any atom is -0.349 e. The van der Waals surface area contributed by atoms with Crippen molar-refractivity contribution < 1.29 is 13.2 Å². The second-order valence-electron chi connectivity index (χ2n) is 6.80. The first-order valence-electron chi connectivity index (χ1n) is 8.94. The van der Waals surface area contributed by atoms with Gasteiger partial charge in [-0.25, -0.2) is 12.7 Å². The molecular formula is C17H25N5O3S. The molecule has 1 aliphatic rings. The minimum absolute atomic E-state index is 0.0305. The summed E-state index contributed by atoms with van der Waals surface area (Å²) in [4.78, 5) is 12.5. The van der Waals surface area contributed by atoms with Crippen molar-refractivity contribution in [3.8, 4) is 0 Å². The predicted octanol–water partition coefficient (Wildman–Crippen LogP) is 1.40. The first kappa shape index (κ1) is 18.8. The molecule has 26 heavy (non-hydrogen) atoms. The second-order valence-corrected chi connectivity index (χ2v) is 8.78. The molecule has 0 aliphatic carbocycles. The number of carbonyl (C=O) groups excluding carboxylic acids is 1. The van der Waals surface area contributed by atoms with Crippen LogP contribution >= 0.6 is 0 Å². The van der Waals surface area contributed by atoms with Gasteiger partial charge < -0.3 is 5.32 Å². The van der Waals surface area contributed by atoms with Crippen LogP contribution in [0.5, 0.6) is 0 Å². The Morgan fingerprint density at radius 2 is 2.04 bits per heavy atom. The van der Waals surface area contributed by atoms with E-state index in [9.17, 15) is 13.2 Å². The van der Waals surface area contributed by atoms with Gasteiger partial charge in [0.2, 0.25) is 10.0 Å². The van der Waals surface area contributed by atoms with Crippen LogP contribution in [0, 0.1) is 0 Å². The van der Waals surface area contributed by atoms with E-state index < -0.39 is 10.0 Å². The van der Waals surface area contributed by atoms with Crippen LogP contribution in [0.1, 0.15) is 55.2 Å². The van der Waals surface area contributed by atoms with Crippen LogP contribution in [0.3, 0.4) is 0 Å². The van der Waals surface area contributed by atoms with Gasteiger partial charge in [0.15, 0.2) is 5.65 Å². The summed E-state index contributed by atoms with van der Waals surface area (Å²) in [5.74, 6) is 0.546. The Morgan fingerprint density at radius 3 is 2.65 bits per heavy atom. The highest BCUT2D eigenvalue weighted by Crippen LogP contribution is 2.27. The predicted molar refractivity (Wildman–Crippen MR) is 98.6 cm³/mol. The molecule has 1 saturated heterocycles. The number of aromatic nitrogens is 3. The highest BCUT2D eigenvalue weighted by atomic mass is 32.2. The Morgan fingerprint density at radius 1 is 1.31 bits per heavy atom. The van der Waals surface area contributed by atoms with Crippen LogP contribution < -0.4 is 5.32 Å². The molecule has 2 aromatic rings. The number of rotatable bonds is 6. The summed E-state index contributed by atoms with van der Waals surface area (Å²) < 4.78 is 26.8. The van der Waals surface area contributed by atoms with E-state index in [1.165, 1.54) is 10.6 Å². The molecule has 3 heterocycles. The summed E-state index contributed by atoms with van der Waals surface area (Å²) in [6.45, 7) is 4.96. The van der Waals surface area contributed by atoms with Gasteiger partial charge in [-0.3, -0.25) is 9.20 Å². The Balaban J connectivity index is 1.86. The van der Waals surface area contributed by atoms with Gasteiger partial charge in [0.1, 0.15) is 5.82 Å². The summed E-state index contributed by atoms with van der Waals surface area (Å²) in [5, 5.41) is 11.4. The van der Waals surface area contributed by atoms with Crippen LogP contribution in [0.4, 0.5) is 0 Å². The highest BCUT2D eigenvalue weighted by molar-refractivity contribution is 7.88. The summed E-state index contributed by atoms with van der Waals surface area (Å²) >= 11 is 0. The van der Waals surface area contributed by atoms with E-state index >= 15 is 0 Å². The van der Waals surface area contributed by atoms with Crippen LogP contribution in [-0.2, 0) is 10.0 Å². The zero-order chi connectivity index (χ0) is 18.9. The lowest BCUT2D eigenvalue weighted by molar-refractivity contribution is 0.0934. The highest BCUT2D eigenvalue weighted by Gasteiger charge is 2.32. The van der Waals surface area contributed by atoms with Crippen molar-refractivity contribution in [3.05, 3.63) is 29.7 Å². The lowest BCUT2D eigenvalue weighted by Crippen LogP contribution is -2.33. The normalized spacial score (nSPS) is 18.7. The molecule has 1 fully saturated rings. The van der Waals surface area contributed by atoms with Crippen molar-refractivity contribution in [1.29, 1.82) is 0 Å². The molecule has 0 saturated carbocycles. The van der Waals surface area contributed by atoms with Gasteiger partial charge in [-0.1, -0.05) is 13.8 Å². The van der Waals surface area contributed by atoms with E-state index in [2.05, 4.69) is 15.5 Å². The molecule has 0 radical (unpaired) electrons. The average Bonchev–Trinajstić information content (AvgIpc) is 3.24. The monoisotopic (exact) mass is 379 g/mol. The fourth-order valence-corrected chi connectivity index (χ4v) is 4.21. The molecule has 3 rings (SSSR count). The molecule has 1 amide bonds. The topological polar surface area (TPSA) is 96.7 Å². The Kier molecular flexibility index (Phi) is 5.29. The zero-order valence-electron chi connectivity index (χ0n) is 15.3. The van der Waals surface area contributed by atoms with Gasteiger partial charge in [0.05, 0.1) is 11.8 Å². The number of nitrogens with one attached hydrogen (secondary N) is 1. The third-order valence-electron chi connectivity index (χ3n) is 5.00. The number of nitrogens with zero attached hydrogens (tertiary/aromatic N) is 4. The number of amides is 1. The molecule has 9 heteroatoms. The second kappa shape index (κ2) is 7.32. The average molecular weight is 379 g/mol. The molecule has 8 nitrogen and oxygen atoms in total. The molecule has 0 aromatic carbocycles. The molecule has 2 aromatic heterocycles. The standard InChI is InChI=1S/C17H25N5O3S/c1-4-14(5-2)18-17(23)13-6-7-15-19-20-16(22(15)11-13)12-8-9-21(10-12)26(3,24)25/h6-7,11-12,14H,4-5,8-10H2,1-3H3,(H,18,23)/t12-/m1/s1. The number of sulfonamides is 1. The van der Waals surface area contributed by atoms with Gasteiger partial charge >= 0.3 is 0 Å². The molecule has 1 aliphatic heterocycles. The third-order valence-corrected chi connectivity index (χ3v) is 6.27. The van der Waals surface area contributed by atoms with E-state index in [4.69, 9.17) is 0 Å². The molecule has 1 atom stereocenters. The molecule has 0 bridgehead atoms. The van der Waals surface area contributed by atoms with Gasteiger partial charge in [0, 0.05) is 31.2 Å². The van der Waals surface area contributed by atoms with Crippen molar-refractivity contribution in [3.63, 3.8) is 0 Å². The summed E-state index contributed by atoms with van der Waals surface area (Å²) in [7, 11) is -3.21. The van der Waals surface area contributed by atoms with E-state index in [0.717, 1.165) is 12.8 Å². The quantitative estimate of drug-likeness (QED) is 0.818. The maximum absolute atomic E-state index is 12.5. The smallest absolute Gasteiger partial charge is 0.252 e. The fourth-order valence-electron chi connectivity index (χ4n) is 3.32. The van der Waals surface area contributed by atoms with Gasteiger partial charge in [-0.05, 0) is 31.4 Å². The molecule has 142 valence electrons. The van der Waals surface area contributed by atoms with E-state index in [0.29, 0.717) is 36.5 Å². The van der Waals surface area contributed by atoms with E-state index in [1.807, 2.05) is 13.8 Å². The summed E-state index contributed by atoms with van der Waals surface area (Å²) in [6, 6.07) is 3.65. The molecular weight excluding hydrogens is 354 g/mol. The fraction of sp³-hybridized carbons (Fsp3) is 0.588. The summed E-state index contributed by atoms with van der Waals surface area (Å²) in [6.07, 6.45) is 5.42. The van der Waals surface area contributed by atoms with Crippen molar-refractivity contribution >= 4 is 21.6 Å². The largest absolute Gasteiger partial charge is 0.349 e. The Hall–Kier alpha value is -2.00. The number of carbonyl (C=O) groups is 1. The number of hydrogen-bond acceptors (Lipinski definition) is 5. The maximum atomic E-state index is 12.5. The Labute approximate surface area is 153 Å². The lowest BCUT2D eigenvalue weighted by Gasteiger charge is -2.15. The minimum atomic E-state index is -3.21. The van der Waals surface area contributed by atoms with Crippen molar-refractivity contribution in [1.82, 2.24) is 24.2 Å². The van der Waals surface area contributed by atoms with Crippen LogP contribution in [0.15, 0.2) is 18.3 Å². The van der Waals surface area contributed by atoms with Gasteiger partial charge in [0.25, 0.3) is 5.91 Å². The number of fused-ring (bicyclic) bond motifs is 1. The van der Waals surface area contributed by atoms with Gasteiger partial charge in [-0.2, -0.15) is 0 Å². The summed E-state index contributed by atoms with van der Waals surface area (Å²) in [5.41, 5.74) is 1.19. The number of pyridine rings is 1. The lowest BCUT2D eigenvalue weighted by atomic mass is 10.1. The first-order chi connectivity index (χ1) is 12.3. The van der Waals surface area contributed by atoms with Crippen LogP contribution in [0.25, 0.3) is 5.65 Å². The molecule has 0 unspecified atom stereocenters. The van der Waals surface area contributed by atoms with Crippen molar-refractivity contribution in [2.24, 2.45) is 0 Å². The van der Waals surface area contributed by atoms with E-state index in [-0.39, 0.29) is 17.9 Å². The van der Waals surface area contributed by atoms with Crippen molar-refractivity contribution in [2.45, 2.75) is 45.1 Å². The molecule has 1 N–H and O–H groups in total. The van der Waals surface area contributed by atoms with Gasteiger partial charge in [-0.15, -0.1) is 10.2 Å². The SMILES string of the molecule is CCC(CC)NC(=O)c1ccc2nnc([C@@H]3CCN(S(C)(=O)=O)C3)n2c1. The Bertz CT molecular complexity index is 904. The zero-order valence-corrected chi connectivity index (χ0v) is 16.2. The third kappa shape index (κ3) is 3.73. The maximum Gasteiger partial charge on any atom is 0.252 e. The van der Waals surface area contributed by atoms with E-state index in [1.54, 1.807) is 22.7 Å².